The Bertz CT molecular complexity index is 791. The van der Waals surface area contributed by atoms with Gasteiger partial charge < -0.3 is 15.0 Å². The third-order valence-electron chi connectivity index (χ3n) is 4.36. The number of H-pyrrole nitrogens is 1. The molecule has 0 unspecified atom stereocenters. The van der Waals surface area contributed by atoms with Crippen molar-refractivity contribution in [1.29, 1.82) is 0 Å². The molecule has 1 saturated heterocycles. The van der Waals surface area contributed by atoms with E-state index in [9.17, 15) is 9.59 Å². The average Bonchev–Trinajstić information content (AvgIpc) is 3.09. The molecule has 2 heterocycles. The Kier molecular flexibility index (Phi) is 4.81. The number of carbonyl (C=O) groups is 1. The Hall–Kier alpha value is -2.40. The number of rotatable bonds is 4. The molecule has 3 rings (SSSR count). The summed E-state index contributed by atoms with van der Waals surface area (Å²) >= 11 is 0. The van der Waals surface area contributed by atoms with Crippen LogP contribution < -0.4 is 10.9 Å². The minimum atomic E-state index is -0.383. The standard InChI is InChI=1S/C19H22N2O3/c1-12-5-3-6-14(11-12)16-9-8-15(19(23)21-16)18(22)20-13(2)17-7-4-10-24-17/h3,5-6,8-9,11,13,17H,4,7,10H2,1-2H3,(H,20,22)(H,21,23)/t13-,17-/m1/s1. The molecule has 0 aliphatic carbocycles. The Morgan fingerprint density at radius 2 is 2.17 bits per heavy atom. The second-order valence-electron chi connectivity index (χ2n) is 6.30. The van der Waals surface area contributed by atoms with Crippen LogP contribution >= 0.6 is 0 Å². The van der Waals surface area contributed by atoms with Crippen molar-refractivity contribution in [2.45, 2.75) is 38.8 Å². The lowest BCUT2D eigenvalue weighted by atomic mass is 10.1. The summed E-state index contributed by atoms with van der Waals surface area (Å²) in [6.07, 6.45) is 1.97. The molecule has 0 bridgehead atoms. The number of aromatic nitrogens is 1. The molecule has 1 aromatic heterocycles. The van der Waals surface area contributed by atoms with Crippen LogP contribution in [-0.4, -0.2) is 29.6 Å². The number of aryl methyl sites for hydroxylation is 1. The molecule has 1 aliphatic rings. The Morgan fingerprint density at radius 1 is 1.33 bits per heavy atom. The van der Waals surface area contributed by atoms with E-state index in [4.69, 9.17) is 4.74 Å². The van der Waals surface area contributed by atoms with Gasteiger partial charge in [-0.1, -0.05) is 23.8 Å². The van der Waals surface area contributed by atoms with Crippen LogP contribution in [-0.2, 0) is 4.74 Å². The molecule has 24 heavy (non-hydrogen) atoms. The zero-order valence-electron chi connectivity index (χ0n) is 14.0. The van der Waals surface area contributed by atoms with Crippen molar-refractivity contribution in [1.82, 2.24) is 10.3 Å². The first kappa shape index (κ1) is 16.5. The third kappa shape index (κ3) is 3.57. The number of nitrogens with one attached hydrogen (secondary N) is 2. The number of benzene rings is 1. The van der Waals surface area contributed by atoms with Gasteiger partial charge in [0.15, 0.2) is 0 Å². The lowest BCUT2D eigenvalue weighted by Crippen LogP contribution is -2.42. The maximum atomic E-state index is 12.3. The Balaban J connectivity index is 1.77. The predicted molar refractivity (Wildman–Crippen MR) is 93.1 cm³/mol. The smallest absolute Gasteiger partial charge is 0.261 e. The summed E-state index contributed by atoms with van der Waals surface area (Å²) in [4.78, 5) is 27.4. The van der Waals surface area contributed by atoms with Crippen molar-refractivity contribution in [2.24, 2.45) is 0 Å². The molecule has 5 heteroatoms. The molecular formula is C19H22N2O3. The maximum absolute atomic E-state index is 12.3. The normalized spacial score (nSPS) is 18.3. The first-order chi connectivity index (χ1) is 11.5. The van der Waals surface area contributed by atoms with Gasteiger partial charge in [0.25, 0.3) is 11.5 Å². The molecule has 2 N–H and O–H groups in total. The van der Waals surface area contributed by atoms with Gasteiger partial charge >= 0.3 is 0 Å². The summed E-state index contributed by atoms with van der Waals surface area (Å²) in [6.45, 7) is 4.63. The summed E-state index contributed by atoms with van der Waals surface area (Å²) in [7, 11) is 0. The minimum Gasteiger partial charge on any atom is -0.376 e. The fourth-order valence-electron chi connectivity index (χ4n) is 3.01. The number of pyridine rings is 1. The van der Waals surface area contributed by atoms with E-state index in [-0.39, 0.29) is 29.2 Å². The van der Waals surface area contributed by atoms with Crippen molar-refractivity contribution in [3.63, 3.8) is 0 Å². The number of carbonyl (C=O) groups excluding carboxylic acids is 1. The quantitative estimate of drug-likeness (QED) is 0.907. The largest absolute Gasteiger partial charge is 0.376 e. The SMILES string of the molecule is Cc1cccc(-c2ccc(C(=O)N[C@H](C)[C@H]3CCCO3)c(=O)[nH]2)c1. The molecule has 0 spiro atoms. The summed E-state index contributed by atoms with van der Waals surface area (Å²) in [5.74, 6) is -0.366. The number of amides is 1. The molecule has 2 aromatic rings. The van der Waals surface area contributed by atoms with Crippen LogP contribution in [0.2, 0.25) is 0 Å². The highest BCUT2D eigenvalue weighted by Crippen LogP contribution is 2.18. The van der Waals surface area contributed by atoms with Crippen molar-refractivity contribution >= 4 is 5.91 Å². The second kappa shape index (κ2) is 7.01. The van der Waals surface area contributed by atoms with E-state index < -0.39 is 0 Å². The van der Waals surface area contributed by atoms with Crippen LogP contribution in [0.25, 0.3) is 11.3 Å². The predicted octanol–water partition coefficient (Wildman–Crippen LogP) is 2.65. The van der Waals surface area contributed by atoms with Crippen LogP contribution in [0.4, 0.5) is 0 Å². The number of aromatic amines is 1. The van der Waals surface area contributed by atoms with Gasteiger partial charge in [-0.05, 0) is 50.5 Å². The first-order valence-corrected chi connectivity index (χ1v) is 8.27. The number of ether oxygens (including phenoxy) is 1. The second-order valence-corrected chi connectivity index (χ2v) is 6.30. The van der Waals surface area contributed by atoms with E-state index in [2.05, 4.69) is 10.3 Å². The summed E-state index contributed by atoms with van der Waals surface area (Å²) in [6, 6.07) is 11.1. The van der Waals surface area contributed by atoms with Gasteiger partial charge in [0.05, 0.1) is 12.1 Å². The van der Waals surface area contributed by atoms with Crippen LogP contribution in [0.5, 0.6) is 0 Å². The number of hydrogen-bond donors (Lipinski definition) is 2. The van der Waals surface area contributed by atoms with Crippen LogP contribution in [0.1, 0.15) is 35.7 Å². The highest BCUT2D eigenvalue weighted by molar-refractivity contribution is 5.94. The molecular weight excluding hydrogens is 304 g/mol. The molecule has 2 atom stereocenters. The lowest BCUT2D eigenvalue weighted by Gasteiger charge is -2.19. The third-order valence-corrected chi connectivity index (χ3v) is 4.36. The van der Waals surface area contributed by atoms with Crippen LogP contribution in [0.15, 0.2) is 41.2 Å². The minimum absolute atomic E-state index is 0.0274. The molecule has 126 valence electrons. The van der Waals surface area contributed by atoms with Crippen molar-refractivity contribution in [2.75, 3.05) is 6.61 Å². The van der Waals surface area contributed by atoms with Crippen molar-refractivity contribution in [3.8, 4) is 11.3 Å². The summed E-state index contributed by atoms with van der Waals surface area (Å²) in [5.41, 5.74) is 2.47. The van der Waals surface area contributed by atoms with Gasteiger partial charge in [0.1, 0.15) is 5.56 Å². The maximum Gasteiger partial charge on any atom is 0.261 e. The molecule has 1 fully saturated rings. The molecule has 1 amide bonds. The topological polar surface area (TPSA) is 71.2 Å². The molecule has 5 nitrogen and oxygen atoms in total. The van der Waals surface area contributed by atoms with Crippen molar-refractivity contribution < 1.29 is 9.53 Å². The van der Waals surface area contributed by atoms with E-state index in [1.54, 1.807) is 12.1 Å². The Labute approximate surface area is 141 Å². The average molecular weight is 326 g/mol. The highest BCUT2D eigenvalue weighted by atomic mass is 16.5. The van der Waals surface area contributed by atoms with Crippen molar-refractivity contribution in [3.05, 3.63) is 57.9 Å². The van der Waals surface area contributed by atoms with Gasteiger partial charge in [-0.3, -0.25) is 9.59 Å². The highest BCUT2D eigenvalue weighted by Gasteiger charge is 2.24. The van der Waals surface area contributed by atoms with E-state index >= 15 is 0 Å². The number of hydrogen-bond acceptors (Lipinski definition) is 3. The fourth-order valence-corrected chi connectivity index (χ4v) is 3.01. The van der Waals surface area contributed by atoms with Gasteiger partial charge in [-0.25, -0.2) is 0 Å². The van der Waals surface area contributed by atoms with Crippen LogP contribution in [0.3, 0.4) is 0 Å². The fraction of sp³-hybridized carbons (Fsp3) is 0.368. The molecule has 1 aliphatic heterocycles. The lowest BCUT2D eigenvalue weighted by molar-refractivity contribution is 0.0711. The van der Waals surface area contributed by atoms with Gasteiger partial charge in [0, 0.05) is 12.3 Å². The summed E-state index contributed by atoms with van der Waals surface area (Å²) < 4.78 is 5.57. The van der Waals surface area contributed by atoms with E-state index in [1.807, 2.05) is 38.1 Å². The summed E-state index contributed by atoms with van der Waals surface area (Å²) in [5, 5.41) is 2.86. The zero-order valence-corrected chi connectivity index (χ0v) is 14.0. The van der Waals surface area contributed by atoms with E-state index in [0.29, 0.717) is 5.69 Å². The van der Waals surface area contributed by atoms with E-state index in [1.165, 1.54) is 0 Å². The Morgan fingerprint density at radius 3 is 2.83 bits per heavy atom. The molecule has 0 radical (unpaired) electrons. The van der Waals surface area contributed by atoms with Gasteiger partial charge in [0.2, 0.25) is 0 Å². The van der Waals surface area contributed by atoms with Crippen LogP contribution in [0, 0.1) is 6.92 Å². The zero-order chi connectivity index (χ0) is 17.1. The van der Waals surface area contributed by atoms with Gasteiger partial charge in [-0.2, -0.15) is 0 Å². The van der Waals surface area contributed by atoms with Gasteiger partial charge in [-0.15, -0.1) is 0 Å². The molecule has 1 aromatic carbocycles. The molecule has 0 saturated carbocycles. The monoisotopic (exact) mass is 326 g/mol. The first-order valence-electron chi connectivity index (χ1n) is 8.27. The van der Waals surface area contributed by atoms with E-state index in [0.717, 1.165) is 30.6 Å².